The fourth-order valence-corrected chi connectivity index (χ4v) is 3.93. The first-order chi connectivity index (χ1) is 14.7. The summed E-state index contributed by atoms with van der Waals surface area (Å²) in [6.45, 7) is 5.75. The monoisotopic (exact) mass is 428 g/mol. The number of carbonyl (C=O) groups is 2. The molecular weight excluding hydrogens is 403 g/mol. The van der Waals surface area contributed by atoms with Crippen molar-refractivity contribution in [1.29, 1.82) is 0 Å². The molecule has 0 bridgehead atoms. The van der Waals surface area contributed by atoms with Crippen LogP contribution in [0.15, 0.2) is 36.4 Å². The van der Waals surface area contributed by atoms with E-state index in [4.69, 9.17) is 9.47 Å². The molecule has 4 rings (SSSR count). The summed E-state index contributed by atoms with van der Waals surface area (Å²) in [6.07, 6.45) is 0.177. The fourth-order valence-electron chi connectivity index (χ4n) is 3.93. The largest absolute Gasteiger partial charge is 0.507 e. The van der Waals surface area contributed by atoms with Gasteiger partial charge in [-0.3, -0.25) is 9.59 Å². The Morgan fingerprint density at radius 1 is 1.16 bits per heavy atom. The molecular formula is C23H25FN2O5. The summed E-state index contributed by atoms with van der Waals surface area (Å²) in [5.74, 6) is -0.329. The van der Waals surface area contributed by atoms with Crippen molar-refractivity contribution >= 4 is 17.4 Å². The van der Waals surface area contributed by atoms with Crippen LogP contribution in [0.25, 0.3) is 0 Å². The molecule has 0 aromatic heterocycles. The quantitative estimate of drug-likeness (QED) is 0.807. The van der Waals surface area contributed by atoms with E-state index in [-0.39, 0.29) is 53.3 Å². The van der Waals surface area contributed by atoms with Crippen LogP contribution in [0.5, 0.6) is 17.2 Å². The second kappa shape index (κ2) is 8.09. The lowest BCUT2D eigenvalue weighted by Gasteiger charge is -2.36. The third-order valence-electron chi connectivity index (χ3n) is 5.49. The van der Waals surface area contributed by atoms with Crippen LogP contribution in [0.4, 0.5) is 10.1 Å². The molecule has 0 radical (unpaired) electrons. The summed E-state index contributed by atoms with van der Waals surface area (Å²) >= 11 is 0. The minimum atomic E-state index is -0.671. The molecule has 0 atom stereocenters. The molecule has 164 valence electrons. The lowest BCUT2D eigenvalue weighted by atomic mass is 9.92. The van der Waals surface area contributed by atoms with Crippen LogP contribution in [0, 0.1) is 5.82 Å². The summed E-state index contributed by atoms with van der Waals surface area (Å²) < 4.78 is 24.5. The topological polar surface area (TPSA) is 79.3 Å². The molecule has 7 nitrogen and oxygen atoms in total. The minimum Gasteiger partial charge on any atom is -0.507 e. The molecule has 2 aliphatic rings. The number of phenolic OH excluding ortho intramolecular Hbond substituents is 1. The average Bonchev–Trinajstić information content (AvgIpc) is 2.71. The van der Waals surface area contributed by atoms with E-state index in [1.807, 2.05) is 0 Å². The second-order valence-electron chi connectivity index (χ2n) is 8.41. The van der Waals surface area contributed by atoms with Gasteiger partial charge in [-0.1, -0.05) is 0 Å². The van der Waals surface area contributed by atoms with Gasteiger partial charge >= 0.3 is 0 Å². The zero-order chi connectivity index (χ0) is 22.2. The molecule has 31 heavy (non-hydrogen) atoms. The Hall–Kier alpha value is -3.29. The minimum absolute atomic E-state index is 0.148. The van der Waals surface area contributed by atoms with Crippen molar-refractivity contribution < 1.29 is 28.6 Å². The highest BCUT2D eigenvalue weighted by atomic mass is 19.1. The third kappa shape index (κ3) is 4.57. The fraction of sp³-hybridized carbons (Fsp3) is 0.391. The van der Waals surface area contributed by atoms with Gasteiger partial charge in [0, 0.05) is 44.0 Å². The maximum absolute atomic E-state index is 13.1. The Morgan fingerprint density at radius 2 is 1.84 bits per heavy atom. The molecule has 1 N–H and O–H groups in total. The molecule has 2 heterocycles. The first-order valence-corrected chi connectivity index (χ1v) is 10.2. The number of ether oxygens (including phenoxy) is 2. The molecule has 8 heteroatoms. The highest BCUT2D eigenvalue weighted by Gasteiger charge is 2.35. The van der Waals surface area contributed by atoms with E-state index in [9.17, 15) is 19.1 Å². The Balaban J connectivity index is 1.35. The molecule has 2 aliphatic heterocycles. The molecule has 1 saturated heterocycles. The SMILES string of the molecule is CC1(C)CC(=O)c2c(O)cc(OCC(=O)N3CCN(c4ccc(F)cc4)CC3)cc2O1. The molecule has 0 unspecified atom stereocenters. The van der Waals surface area contributed by atoms with Crippen molar-refractivity contribution in [1.82, 2.24) is 4.90 Å². The number of phenols is 1. The van der Waals surface area contributed by atoms with Crippen LogP contribution in [-0.4, -0.2) is 60.1 Å². The van der Waals surface area contributed by atoms with Gasteiger partial charge in [-0.2, -0.15) is 0 Å². The van der Waals surface area contributed by atoms with Crippen LogP contribution >= 0.6 is 0 Å². The number of anilines is 1. The van der Waals surface area contributed by atoms with Crippen LogP contribution in [0.1, 0.15) is 30.6 Å². The van der Waals surface area contributed by atoms with Gasteiger partial charge in [-0.05, 0) is 38.1 Å². The van der Waals surface area contributed by atoms with Crippen molar-refractivity contribution in [2.75, 3.05) is 37.7 Å². The zero-order valence-corrected chi connectivity index (χ0v) is 17.6. The summed E-state index contributed by atoms with van der Waals surface area (Å²) in [4.78, 5) is 28.7. The number of ketones is 1. The predicted molar refractivity (Wildman–Crippen MR) is 112 cm³/mol. The lowest BCUT2D eigenvalue weighted by molar-refractivity contribution is -0.133. The van der Waals surface area contributed by atoms with Gasteiger partial charge in [-0.25, -0.2) is 4.39 Å². The van der Waals surface area contributed by atoms with Crippen molar-refractivity contribution in [2.24, 2.45) is 0 Å². The number of hydrogen-bond donors (Lipinski definition) is 1. The number of piperazine rings is 1. The number of carbonyl (C=O) groups excluding carboxylic acids is 2. The summed E-state index contributed by atoms with van der Waals surface area (Å²) in [7, 11) is 0. The zero-order valence-electron chi connectivity index (χ0n) is 17.6. The van der Waals surface area contributed by atoms with Gasteiger partial charge in [0.15, 0.2) is 12.4 Å². The molecule has 0 spiro atoms. The van der Waals surface area contributed by atoms with E-state index in [2.05, 4.69) is 4.90 Å². The number of Topliss-reactive ketones (excluding diaryl/α,β-unsaturated/α-hetero) is 1. The number of rotatable bonds is 4. The first-order valence-electron chi connectivity index (χ1n) is 10.2. The van der Waals surface area contributed by atoms with E-state index in [1.165, 1.54) is 24.3 Å². The van der Waals surface area contributed by atoms with Crippen molar-refractivity contribution in [2.45, 2.75) is 25.9 Å². The highest BCUT2D eigenvalue weighted by molar-refractivity contribution is 6.03. The summed E-state index contributed by atoms with van der Waals surface area (Å²) in [5.41, 5.74) is 0.400. The van der Waals surface area contributed by atoms with Crippen molar-refractivity contribution in [3.63, 3.8) is 0 Å². The first kappa shape index (κ1) is 21.0. The van der Waals surface area contributed by atoms with E-state index in [0.29, 0.717) is 26.2 Å². The number of fused-ring (bicyclic) bond motifs is 1. The number of hydrogen-bond acceptors (Lipinski definition) is 6. The molecule has 0 aliphatic carbocycles. The van der Waals surface area contributed by atoms with Crippen molar-refractivity contribution in [3.8, 4) is 17.2 Å². The number of halogens is 1. The van der Waals surface area contributed by atoms with Gasteiger partial charge in [0.2, 0.25) is 0 Å². The Morgan fingerprint density at radius 3 is 2.52 bits per heavy atom. The Labute approximate surface area is 180 Å². The average molecular weight is 428 g/mol. The smallest absolute Gasteiger partial charge is 0.260 e. The highest BCUT2D eigenvalue weighted by Crippen LogP contribution is 2.40. The number of nitrogens with zero attached hydrogens (tertiary/aromatic N) is 2. The molecule has 0 saturated carbocycles. The normalized spacial score (nSPS) is 17.7. The maximum atomic E-state index is 13.1. The van der Waals surface area contributed by atoms with E-state index < -0.39 is 5.60 Å². The van der Waals surface area contributed by atoms with E-state index in [1.54, 1.807) is 30.9 Å². The van der Waals surface area contributed by atoms with Gasteiger partial charge in [0.25, 0.3) is 5.91 Å². The van der Waals surface area contributed by atoms with Gasteiger partial charge in [0.1, 0.15) is 34.2 Å². The van der Waals surface area contributed by atoms with Crippen LogP contribution in [0.2, 0.25) is 0 Å². The van der Waals surface area contributed by atoms with Crippen LogP contribution < -0.4 is 14.4 Å². The molecule has 1 fully saturated rings. The van der Waals surface area contributed by atoms with Gasteiger partial charge in [-0.15, -0.1) is 0 Å². The van der Waals surface area contributed by atoms with E-state index >= 15 is 0 Å². The summed E-state index contributed by atoms with van der Waals surface area (Å²) in [6, 6.07) is 9.17. The van der Waals surface area contributed by atoms with Gasteiger partial charge < -0.3 is 24.4 Å². The van der Waals surface area contributed by atoms with E-state index in [0.717, 1.165) is 5.69 Å². The van der Waals surface area contributed by atoms with Crippen LogP contribution in [-0.2, 0) is 4.79 Å². The molecule has 2 aromatic carbocycles. The molecule has 1 amide bonds. The maximum Gasteiger partial charge on any atom is 0.260 e. The van der Waals surface area contributed by atoms with Crippen molar-refractivity contribution in [3.05, 3.63) is 47.8 Å². The molecule has 2 aromatic rings. The number of benzene rings is 2. The predicted octanol–water partition coefficient (Wildman–Crippen LogP) is 3.00. The number of amides is 1. The lowest BCUT2D eigenvalue weighted by Crippen LogP contribution is -2.50. The number of aromatic hydroxyl groups is 1. The third-order valence-corrected chi connectivity index (χ3v) is 5.49. The van der Waals surface area contributed by atoms with Gasteiger partial charge in [0.05, 0.1) is 6.42 Å². The second-order valence-corrected chi connectivity index (χ2v) is 8.41. The Kier molecular flexibility index (Phi) is 5.47. The standard InChI is InChI=1S/C23H25FN2O5/c1-23(2)13-19(28)22-18(27)11-17(12-20(22)31-23)30-14-21(29)26-9-7-25(8-10-26)16-5-3-15(24)4-6-16/h3-6,11-12,27H,7-10,13-14H2,1-2H3. The Bertz CT molecular complexity index is 998. The summed E-state index contributed by atoms with van der Waals surface area (Å²) in [5, 5.41) is 10.2. The van der Waals surface area contributed by atoms with Crippen LogP contribution in [0.3, 0.4) is 0 Å².